The standard InChI is InChI=1S/C17H24N2O3/c1-19-13-7-8-14(19)10-15(9-13)22-17(18-21)16(11-20)12-5-3-2-4-6-12/h2-6,13-16,20-21H,7-11H2,1H3. The van der Waals surface area contributed by atoms with Crippen LogP contribution in [-0.4, -0.2) is 53.0 Å². The molecule has 5 nitrogen and oxygen atoms in total. The SMILES string of the molecule is CN1C2CCC1CC(OC(=NO)C(CO)c1ccccc1)C2. The highest BCUT2D eigenvalue weighted by atomic mass is 16.5. The summed E-state index contributed by atoms with van der Waals surface area (Å²) in [6.07, 6.45) is 4.42. The molecule has 2 heterocycles. The third kappa shape index (κ3) is 2.96. The summed E-state index contributed by atoms with van der Waals surface area (Å²) < 4.78 is 5.99. The van der Waals surface area contributed by atoms with Gasteiger partial charge in [0.25, 0.3) is 0 Å². The molecule has 2 saturated heterocycles. The third-order valence-electron chi connectivity index (χ3n) is 5.12. The fourth-order valence-electron chi connectivity index (χ4n) is 3.82. The zero-order valence-electron chi connectivity index (χ0n) is 12.9. The smallest absolute Gasteiger partial charge is 0.235 e. The van der Waals surface area contributed by atoms with Crippen LogP contribution in [0.5, 0.6) is 0 Å². The molecule has 5 heteroatoms. The third-order valence-corrected chi connectivity index (χ3v) is 5.12. The fourth-order valence-corrected chi connectivity index (χ4v) is 3.82. The van der Waals surface area contributed by atoms with Gasteiger partial charge < -0.3 is 20.0 Å². The van der Waals surface area contributed by atoms with E-state index in [0.717, 1.165) is 18.4 Å². The number of benzene rings is 1. The van der Waals surface area contributed by atoms with Crippen LogP contribution in [0.2, 0.25) is 0 Å². The Morgan fingerprint density at radius 1 is 1.27 bits per heavy atom. The molecule has 2 aliphatic rings. The van der Waals surface area contributed by atoms with Crippen molar-refractivity contribution in [1.29, 1.82) is 0 Å². The van der Waals surface area contributed by atoms with Crippen molar-refractivity contribution < 1.29 is 15.1 Å². The van der Waals surface area contributed by atoms with Gasteiger partial charge in [-0.2, -0.15) is 0 Å². The molecule has 0 spiro atoms. The summed E-state index contributed by atoms with van der Waals surface area (Å²) in [6, 6.07) is 10.7. The molecule has 3 unspecified atom stereocenters. The zero-order valence-corrected chi connectivity index (χ0v) is 12.9. The number of aliphatic hydroxyl groups excluding tert-OH is 1. The van der Waals surface area contributed by atoms with E-state index < -0.39 is 5.92 Å². The summed E-state index contributed by atoms with van der Waals surface area (Å²) in [7, 11) is 2.18. The van der Waals surface area contributed by atoms with Crippen molar-refractivity contribution in [3.63, 3.8) is 0 Å². The summed E-state index contributed by atoms with van der Waals surface area (Å²) in [6.45, 7) is -0.136. The van der Waals surface area contributed by atoms with Crippen molar-refractivity contribution in [2.75, 3.05) is 13.7 Å². The van der Waals surface area contributed by atoms with E-state index in [1.807, 2.05) is 30.3 Å². The molecule has 0 aliphatic carbocycles. The van der Waals surface area contributed by atoms with E-state index in [9.17, 15) is 10.3 Å². The molecule has 0 radical (unpaired) electrons. The predicted octanol–water partition coefficient (Wildman–Crippen LogP) is 2.19. The summed E-state index contributed by atoms with van der Waals surface area (Å²) in [5.74, 6) is -0.189. The quantitative estimate of drug-likeness (QED) is 0.387. The maximum atomic E-state index is 9.69. The molecule has 0 amide bonds. The number of hydrogen-bond acceptors (Lipinski definition) is 5. The zero-order chi connectivity index (χ0) is 15.5. The first-order valence-electron chi connectivity index (χ1n) is 7.99. The average molecular weight is 304 g/mol. The number of fused-ring (bicyclic) bond motifs is 2. The van der Waals surface area contributed by atoms with Crippen molar-refractivity contribution >= 4 is 5.90 Å². The van der Waals surface area contributed by atoms with Crippen LogP contribution in [0.3, 0.4) is 0 Å². The topological polar surface area (TPSA) is 65.3 Å². The second kappa shape index (κ2) is 6.67. The molecule has 3 rings (SSSR count). The van der Waals surface area contributed by atoms with E-state index in [1.54, 1.807) is 0 Å². The second-order valence-corrected chi connectivity index (χ2v) is 6.35. The summed E-state index contributed by atoms with van der Waals surface area (Å²) in [4.78, 5) is 2.44. The Hall–Kier alpha value is -1.59. The first-order chi connectivity index (χ1) is 10.7. The van der Waals surface area contributed by atoms with E-state index in [4.69, 9.17) is 4.74 Å². The molecular weight excluding hydrogens is 280 g/mol. The number of aliphatic hydroxyl groups is 1. The van der Waals surface area contributed by atoms with Crippen molar-refractivity contribution in [1.82, 2.24) is 4.90 Å². The first kappa shape index (κ1) is 15.3. The van der Waals surface area contributed by atoms with Gasteiger partial charge in [-0.05, 0) is 38.3 Å². The molecule has 22 heavy (non-hydrogen) atoms. The van der Waals surface area contributed by atoms with Crippen LogP contribution in [-0.2, 0) is 4.74 Å². The Bertz CT molecular complexity index is 506. The highest BCUT2D eigenvalue weighted by Crippen LogP contribution is 2.36. The molecule has 3 atom stereocenters. The maximum absolute atomic E-state index is 9.69. The lowest BCUT2D eigenvalue weighted by molar-refractivity contribution is 0.0504. The van der Waals surface area contributed by atoms with Gasteiger partial charge in [0.1, 0.15) is 6.10 Å². The first-order valence-corrected chi connectivity index (χ1v) is 7.99. The highest BCUT2D eigenvalue weighted by molar-refractivity contribution is 5.83. The van der Waals surface area contributed by atoms with Crippen LogP contribution >= 0.6 is 0 Å². The van der Waals surface area contributed by atoms with Gasteiger partial charge in [-0.3, -0.25) is 0 Å². The minimum Gasteiger partial charge on any atom is -0.475 e. The molecule has 120 valence electrons. The van der Waals surface area contributed by atoms with Gasteiger partial charge in [0.05, 0.1) is 12.5 Å². The van der Waals surface area contributed by atoms with Gasteiger partial charge >= 0.3 is 0 Å². The molecule has 0 aromatic heterocycles. The van der Waals surface area contributed by atoms with Crippen LogP contribution < -0.4 is 0 Å². The van der Waals surface area contributed by atoms with Crippen molar-refractivity contribution in [2.24, 2.45) is 5.16 Å². The van der Waals surface area contributed by atoms with Gasteiger partial charge in [-0.1, -0.05) is 35.5 Å². The number of ether oxygens (including phenoxy) is 1. The highest BCUT2D eigenvalue weighted by Gasteiger charge is 2.40. The van der Waals surface area contributed by atoms with Crippen LogP contribution in [0.25, 0.3) is 0 Å². The Morgan fingerprint density at radius 3 is 2.45 bits per heavy atom. The van der Waals surface area contributed by atoms with E-state index in [-0.39, 0.29) is 18.6 Å². The van der Waals surface area contributed by atoms with Crippen LogP contribution in [0, 0.1) is 0 Å². The minimum absolute atomic E-state index is 0.0670. The lowest BCUT2D eigenvalue weighted by atomic mass is 9.98. The normalized spacial score (nSPS) is 30.3. The van der Waals surface area contributed by atoms with E-state index in [2.05, 4.69) is 17.1 Å². The lowest BCUT2D eigenvalue weighted by Crippen LogP contribution is -2.44. The van der Waals surface area contributed by atoms with Gasteiger partial charge in [-0.25, -0.2) is 0 Å². The molecule has 0 saturated carbocycles. The minimum atomic E-state index is -0.413. The molecular formula is C17H24N2O3. The Balaban J connectivity index is 1.70. The number of hydrogen-bond donors (Lipinski definition) is 2. The number of oxime groups is 1. The molecule has 2 bridgehead atoms. The Kier molecular flexibility index (Phi) is 4.64. The average Bonchev–Trinajstić information content (AvgIpc) is 2.77. The van der Waals surface area contributed by atoms with Crippen molar-refractivity contribution in [2.45, 2.75) is 49.8 Å². The van der Waals surface area contributed by atoms with Crippen LogP contribution in [0.15, 0.2) is 35.5 Å². The second-order valence-electron chi connectivity index (χ2n) is 6.35. The van der Waals surface area contributed by atoms with Gasteiger partial charge in [-0.15, -0.1) is 0 Å². The lowest BCUT2D eigenvalue weighted by Gasteiger charge is -2.36. The van der Waals surface area contributed by atoms with Crippen LogP contribution in [0.1, 0.15) is 37.2 Å². The summed E-state index contributed by atoms with van der Waals surface area (Å²) >= 11 is 0. The van der Waals surface area contributed by atoms with E-state index in [1.165, 1.54) is 12.8 Å². The van der Waals surface area contributed by atoms with Crippen molar-refractivity contribution in [3.05, 3.63) is 35.9 Å². The molecule has 1 aromatic rings. The maximum Gasteiger partial charge on any atom is 0.235 e. The molecule has 2 N–H and O–H groups in total. The van der Waals surface area contributed by atoms with Gasteiger partial charge in [0.15, 0.2) is 0 Å². The number of nitrogens with zero attached hydrogens (tertiary/aromatic N) is 2. The molecule has 1 aromatic carbocycles. The van der Waals surface area contributed by atoms with Gasteiger partial charge in [0, 0.05) is 12.1 Å². The Morgan fingerprint density at radius 2 is 1.91 bits per heavy atom. The van der Waals surface area contributed by atoms with Crippen LogP contribution in [0.4, 0.5) is 0 Å². The largest absolute Gasteiger partial charge is 0.475 e. The summed E-state index contributed by atoms with van der Waals surface area (Å²) in [5.41, 5.74) is 0.897. The van der Waals surface area contributed by atoms with Gasteiger partial charge in [0.2, 0.25) is 5.90 Å². The predicted molar refractivity (Wildman–Crippen MR) is 84.2 cm³/mol. The van der Waals surface area contributed by atoms with E-state index >= 15 is 0 Å². The number of piperidine rings is 1. The molecule has 2 aliphatic heterocycles. The molecule has 2 fully saturated rings. The monoisotopic (exact) mass is 304 g/mol. The fraction of sp³-hybridized carbons (Fsp3) is 0.588. The summed E-state index contributed by atoms with van der Waals surface area (Å²) in [5, 5.41) is 22.4. The Labute approximate surface area is 131 Å². The van der Waals surface area contributed by atoms with E-state index in [0.29, 0.717) is 12.1 Å². The number of rotatable bonds is 4. The van der Waals surface area contributed by atoms with Crippen molar-refractivity contribution in [3.8, 4) is 0 Å².